The number of methoxy groups -OCH3 is 2. The monoisotopic (exact) mass is 536 g/mol. The van der Waals surface area contributed by atoms with E-state index in [4.69, 9.17) is 9.47 Å². The summed E-state index contributed by atoms with van der Waals surface area (Å²) in [6.45, 7) is -0.323. The van der Waals surface area contributed by atoms with Gasteiger partial charge in [-0.1, -0.05) is 30.3 Å². The number of carbonyl (C=O) groups is 1. The lowest BCUT2D eigenvalue weighted by atomic mass is 10.1. The van der Waals surface area contributed by atoms with Crippen LogP contribution < -0.4 is 19.1 Å². The fraction of sp³-hybridized carbons (Fsp3) is 0.174. The van der Waals surface area contributed by atoms with Crippen molar-refractivity contribution in [3.05, 3.63) is 82.1 Å². The molecule has 0 heterocycles. The van der Waals surface area contributed by atoms with Gasteiger partial charge < -0.3 is 14.8 Å². The molecule has 7 nitrogen and oxygen atoms in total. The van der Waals surface area contributed by atoms with Crippen molar-refractivity contribution in [1.29, 1.82) is 0 Å². The Morgan fingerprint density at radius 3 is 2.24 bits per heavy atom. The molecule has 0 aliphatic heterocycles. The van der Waals surface area contributed by atoms with Gasteiger partial charge in [-0.2, -0.15) is 0 Å². The highest BCUT2D eigenvalue weighted by Crippen LogP contribution is 2.37. The van der Waals surface area contributed by atoms with E-state index in [1.165, 1.54) is 44.6 Å². The zero-order valence-electron chi connectivity index (χ0n) is 18.1. The molecule has 3 rings (SSSR count). The van der Waals surface area contributed by atoms with Crippen LogP contribution in [-0.2, 0) is 16.6 Å². The average Bonchev–Trinajstić information content (AvgIpc) is 2.78. The summed E-state index contributed by atoms with van der Waals surface area (Å²) < 4.78 is 52.2. The van der Waals surface area contributed by atoms with Crippen LogP contribution in [0.4, 0.5) is 15.8 Å². The van der Waals surface area contributed by atoms with E-state index >= 15 is 0 Å². The number of hydrogen-bond acceptors (Lipinski definition) is 5. The van der Waals surface area contributed by atoms with Gasteiger partial charge in [-0.05, 0) is 40.2 Å². The number of hydrogen-bond donors (Lipinski definition) is 1. The first-order chi connectivity index (χ1) is 15.7. The molecule has 0 aliphatic rings. The Hall–Kier alpha value is -3.11. The number of anilines is 2. The summed E-state index contributed by atoms with van der Waals surface area (Å²) in [5.41, 5.74) is 0.659. The van der Waals surface area contributed by atoms with E-state index in [1.807, 2.05) is 0 Å². The highest BCUT2D eigenvalue weighted by Gasteiger charge is 2.27. The van der Waals surface area contributed by atoms with Gasteiger partial charge in [0.25, 0.3) is 5.91 Å². The summed E-state index contributed by atoms with van der Waals surface area (Å²) in [5.74, 6) is -0.698. The largest absolute Gasteiger partial charge is 0.493 e. The highest BCUT2D eigenvalue weighted by atomic mass is 79.9. The molecule has 0 saturated heterocycles. The van der Waals surface area contributed by atoms with Crippen LogP contribution in [0.1, 0.15) is 15.9 Å². The molecule has 10 heteroatoms. The fourth-order valence-electron chi connectivity index (χ4n) is 3.17. The van der Waals surface area contributed by atoms with Crippen molar-refractivity contribution in [2.75, 3.05) is 30.1 Å². The van der Waals surface area contributed by atoms with E-state index in [2.05, 4.69) is 21.2 Å². The van der Waals surface area contributed by atoms with Crippen molar-refractivity contribution in [2.24, 2.45) is 0 Å². The molecule has 33 heavy (non-hydrogen) atoms. The van der Waals surface area contributed by atoms with Crippen molar-refractivity contribution in [1.82, 2.24) is 0 Å². The molecule has 0 fully saturated rings. The number of rotatable bonds is 8. The van der Waals surface area contributed by atoms with Crippen LogP contribution in [-0.4, -0.2) is 34.8 Å². The fourth-order valence-corrected chi connectivity index (χ4v) is 4.44. The third-order valence-electron chi connectivity index (χ3n) is 4.81. The second kappa shape index (κ2) is 10.2. The van der Waals surface area contributed by atoms with Crippen molar-refractivity contribution in [3.8, 4) is 11.5 Å². The van der Waals surface area contributed by atoms with Gasteiger partial charge in [0.1, 0.15) is 5.82 Å². The lowest BCUT2D eigenvalue weighted by Crippen LogP contribution is -2.32. The maximum Gasteiger partial charge on any atom is 0.257 e. The zero-order chi connectivity index (χ0) is 24.2. The SMILES string of the molecule is COc1cc(C(=O)Nc2ccccc2Br)c(N(Cc2ccccc2F)S(C)(=O)=O)cc1OC. The van der Waals surface area contributed by atoms with E-state index in [0.717, 1.165) is 10.6 Å². The zero-order valence-corrected chi connectivity index (χ0v) is 20.5. The Balaban J connectivity index is 2.17. The van der Waals surface area contributed by atoms with Crippen molar-refractivity contribution < 1.29 is 27.1 Å². The molecule has 174 valence electrons. The molecule has 0 aliphatic carbocycles. The summed E-state index contributed by atoms with van der Waals surface area (Å²) in [6.07, 6.45) is 0.986. The van der Waals surface area contributed by atoms with Gasteiger partial charge in [-0.3, -0.25) is 9.10 Å². The van der Waals surface area contributed by atoms with Crippen molar-refractivity contribution in [3.63, 3.8) is 0 Å². The van der Waals surface area contributed by atoms with Crippen LogP contribution >= 0.6 is 15.9 Å². The summed E-state index contributed by atoms with van der Waals surface area (Å²) in [4.78, 5) is 13.3. The summed E-state index contributed by atoms with van der Waals surface area (Å²) in [6, 6.07) is 15.6. The van der Waals surface area contributed by atoms with E-state index in [9.17, 15) is 17.6 Å². The second-order valence-corrected chi connectivity index (χ2v) is 9.78. The minimum absolute atomic E-state index is 0.00478. The number of benzene rings is 3. The molecule has 0 radical (unpaired) electrons. The molecule has 3 aromatic carbocycles. The van der Waals surface area contributed by atoms with Crippen LogP contribution in [0.2, 0.25) is 0 Å². The average molecular weight is 537 g/mol. The Bertz CT molecular complexity index is 1280. The molecular weight excluding hydrogens is 515 g/mol. The van der Waals surface area contributed by atoms with E-state index in [1.54, 1.807) is 30.3 Å². The lowest BCUT2D eigenvalue weighted by molar-refractivity contribution is 0.102. The number of amides is 1. The van der Waals surface area contributed by atoms with Crippen LogP contribution in [0.25, 0.3) is 0 Å². The number of halogens is 2. The molecule has 0 atom stereocenters. The predicted octanol–water partition coefficient (Wildman–Crippen LogP) is 4.82. The quantitative estimate of drug-likeness (QED) is 0.446. The number of para-hydroxylation sites is 1. The second-order valence-electron chi connectivity index (χ2n) is 7.02. The molecule has 0 aromatic heterocycles. The standard InChI is InChI=1S/C23H22BrFN2O5S/c1-31-21-12-16(23(28)26-19-11-7-5-9-17(19)24)20(13-22(21)32-2)27(33(3,29)30)14-15-8-4-6-10-18(15)25/h4-13H,14H2,1-3H3,(H,26,28). The predicted molar refractivity (Wildman–Crippen MR) is 129 cm³/mol. The molecule has 0 unspecified atom stereocenters. The van der Waals surface area contributed by atoms with E-state index in [0.29, 0.717) is 10.2 Å². The van der Waals surface area contributed by atoms with Gasteiger partial charge in [-0.15, -0.1) is 0 Å². The number of nitrogens with one attached hydrogen (secondary N) is 1. The van der Waals surface area contributed by atoms with Gasteiger partial charge >= 0.3 is 0 Å². The van der Waals surface area contributed by atoms with Gasteiger partial charge in [0.15, 0.2) is 11.5 Å². The minimum atomic E-state index is -3.93. The van der Waals surface area contributed by atoms with Crippen LogP contribution in [0, 0.1) is 5.82 Å². The third kappa shape index (κ3) is 5.63. The molecule has 1 N–H and O–H groups in total. The van der Waals surface area contributed by atoms with E-state index < -0.39 is 21.7 Å². The Kier molecular flexibility index (Phi) is 7.60. The third-order valence-corrected chi connectivity index (χ3v) is 6.63. The topological polar surface area (TPSA) is 84.9 Å². The molecule has 0 bridgehead atoms. The maximum absolute atomic E-state index is 14.4. The van der Waals surface area contributed by atoms with Crippen LogP contribution in [0.3, 0.4) is 0 Å². The molecule has 1 amide bonds. The smallest absolute Gasteiger partial charge is 0.257 e. The Morgan fingerprint density at radius 1 is 1.03 bits per heavy atom. The summed E-state index contributed by atoms with van der Waals surface area (Å²) in [7, 11) is -1.14. The van der Waals surface area contributed by atoms with Crippen molar-refractivity contribution >= 4 is 43.2 Å². The number of carbonyl (C=O) groups excluding carboxylic acids is 1. The summed E-state index contributed by atoms with van der Waals surface area (Å²) in [5, 5.41) is 2.76. The van der Waals surface area contributed by atoms with Gasteiger partial charge in [-0.25, -0.2) is 12.8 Å². The first-order valence-corrected chi connectivity index (χ1v) is 12.3. The van der Waals surface area contributed by atoms with Gasteiger partial charge in [0.05, 0.1) is 44.0 Å². The maximum atomic E-state index is 14.4. The highest BCUT2D eigenvalue weighted by molar-refractivity contribution is 9.10. The molecule has 0 spiro atoms. The van der Waals surface area contributed by atoms with Crippen molar-refractivity contribution in [2.45, 2.75) is 6.54 Å². The lowest BCUT2D eigenvalue weighted by Gasteiger charge is -2.26. The summed E-state index contributed by atoms with van der Waals surface area (Å²) >= 11 is 3.37. The van der Waals surface area contributed by atoms with Crippen LogP contribution in [0.15, 0.2) is 65.1 Å². The van der Waals surface area contributed by atoms with Gasteiger partial charge in [0, 0.05) is 16.1 Å². The van der Waals surface area contributed by atoms with Crippen LogP contribution in [0.5, 0.6) is 11.5 Å². The Morgan fingerprint density at radius 2 is 1.64 bits per heavy atom. The number of ether oxygens (including phenoxy) is 2. The molecular formula is C23H22BrFN2O5S. The normalized spacial score (nSPS) is 11.1. The molecule has 3 aromatic rings. The van der Waals surface area contributed by atoms with E-state index in [-0.39, 0.29) is 34.9 Å². The Labute approximate surface area is 200 Å². The first-order valence-electron chi connectivity index (χ1n) is 9.68. The van der Waals surface area contributed by atoms with Gasteiger partial charge in [0.2, 0.25) is 10.0 Å². The first kappa shape index (κ1) is 24.5. The minimum Gasteiger partial charge on any atom is -0.493 e. The molecule has 0 saturated carbocycles. The number of nitrogens with zero attached hydrogens (tertiary/aromatic N) is 1. The number of sulfonamides is 1.